The van der Waals surface area contributed by atoms with Crippen molar-refractivity contribution in [3.63, 3.8) is 0 Å². The van der Waals surface area contributed by atoms with E-state index in [0.29, 0.717) is 12.3 Å². The van der Waals surface area contributed by atoms with Gasteiger partial charge < -0.3 is 15.4 Å². The second kappa shape index (κ2) is 13.6. The summed E-state index contributed by atoms with van der Waals surface area (Å²) in [4.78, 5) is 16.6. The van der Waals surface area contributed by atoms with Gasteiger partial charge in [-0.15, -0.1) is 35.3 Å². The highest BCUT2D eigenvalue weighted by atomic mass is 127. The van der Waals surface area contributed by atoms with Crippen LogP contribution in [0.25, 0.3) is 0 Å². The highest BCUT2D eigenvalue weighted by molar-refractivity contribution is 14.0. The van der Waals surface area contributed by atoms with Crippen LogP contribution in [0.15, 0.2) is 22.5 Å². The maximum Gasteiger partial charge on any atom is 0.305 e. The molecule has 1 aromatic rings. The van der Waals surface area contributed by atoms with Gasteiger partial charge in [-0.2, -0.15) is 0 Å². The van der Waals surface area contributed by atoms with Gasteiger partial charge in [0.25, 0.3) is 0 Å². The monoisotopic (exact) mass is 453 g/mol. The van der Waals surface area contributed by atoms with Crippen LogP contribution in [0.3, 0.4) is 0 Å². The summed E-state index contributed by atoms with van der Waals surface area (Å²) >= 11 is 1.80. The zero-order chi connectivity index (χ0) is 16.2. The predicted molar refractivity (Wildman–Crippen MR) is 108 cm³/mol. The van der Waals surface area contributed by atoms with Gasteiger partial charge in [-0.25, -0.2) is 0 Å². The summed E-state index contributed by atoms with van der Waals surface area (Å²) in [5.74, 6) is 1.22. The van der Waals surface area contributed by atoms with Gasteiger partial charge >= 0.3 is 5.97 Å². The molecule has 0 saturated carbocycles. The molecule has 132 valence electrons. The molecule has 1 heterocycles. The third kappa shape index (κ3) is 10.5. The smallest absolute Gasteiger partial charge is 0.305 e. The minimum atomic E-state index is -0.148. The molecule has 0 aliphatic heterocycles. The van der Waals surface area contributed by atoms with Crippen molar-refractivity contribution in [1.29, 1.82) is 0 Å². The fourth-order valence-corrected chi connectivity index (χ4v) is 2.91. The second-order valence-corrected chi connectivity index (χ2v) is 6.33. The number of rotatable bonds is 9. The van der Waals surface area contributed by atoms with Gasteiger partial charge in [-0.1, -0.05) is 13.0 Å². The van der Waals surface area contributed by atoms with Crippen molar-refractivity contribution in [3.8, 4) is 0 Å². The minimum absolute atomic E-state index is 0. The lowest BCUT2D eigenvalue weighted by atomic mass is 10.1. The van der Waals surface area contributed by atoms with E-state index in [9.17, 15) is 4.79 Å². The first-order valence-electron chi connectivity index (χ1n) is 7.69. The summed E-state index contributed by atoms with van der Waals surface area (Å²) in [7, 11) is 3.19. The molecule has 2 N–H and O–H groups in total. The van der Waals surface area contributed by atoms with Gasteiger partial charge in [0.1, 0.15) is 0 Å². The second-order valence-electron chi connectivity index (χ2n) is 5.30. The zero-order valence-corrected chi connectivity index (χ0v) is 17.3. The molecule has 0 radical (unpaired) electrons. The van der Waals surface area contributed by atoms with Crippen LogP contribution in [0.1, 0.15) is 31.1 Å². The molecule has 0 bridgehead atoms. The summed E-state index contributed by atoms with van der Waals surface area (Å²) in [6.07, 6.45) is 3.30. The van der Waals surface area contributed by atoms with Crippen molar-refractivity contribution in [2.24, 2.45) is 10.9 Å². The Morgan fingerprint density at radius 1 is 1.39 bits per heavy atom. The Kier molecular flexibility index (Phi) is 13.1. The maximum atomic E-state index is 11.0. The fourth-order valence-electron chi connectivity index (χ4n) is 2.04. The van der Waals surface area contributed by atoms with E-state index in [-0.39, 0.29) is 29.9 Å². The number of unbranched alkanes of at least 4 members (excludes halogenated alkanes) is 1. The Balaban J connectivity index is 0.00000484. The molecule has 0 aliphatic rings. The third-order valence-electron chi connectivity index (χ3n) is 3.30. The van der Waals surface area contributed by atoms with E-state index >= 15 is 0 Å². The van der Waals surface area contributed by atoms with Gasteiger partial charge in [0.2, 0.25) is 0 Å². The quantitative estimate of drug-likeness (QED) is 0.198. The highest BCUT2D eigenvalue weighted by Gasteiger charge is 2.06. The van der Waals surface area contributed by atoms with Gasteiger partial charge in [0.15, 0.2) is 5.96 Å². The van der Waals surface area contributed by atoms with Crippen molar-refractivity contribution >= 4 is 47.2 Å². The molecule has 7 heteroatoms. The number of nitrogens with zero attached hydrogens (tertiary/aromatic N) is 1. The molecular formula is C16H28IN3O2S. The van der Waals surface area contributed by atoms with Crippen LogP contribution in [-0.2, 0) is 16.0 Å². The molecule has 23 heavy (non-hydrogen) atoms. The number of guanidine groups is 1. The van der Waals surface area contributed by atoms with Crippen LogP contribution in [0.2, 0.25) is 0 Å². The van der Waals surface area contributed by atoms with Crippen molar-refractivity contribution < 1.29 is 9.53 Å². The molecule has 0 aromatic carbocycles. The number of halogens is 1. The number of methoxy groups -OCH3 is 1. The third-order valence-corrected chi connectivity index (χ3v) is 4.20. The van der Waals surface area contributed by atoms with Crippen molar-refractivity contribution in [2.45, 2.75) is 32.6 Å². The topological polar surface area (TPSA) is 62.7 Å². The normalized spacial score (nSPS) is 12.2. The first-order valence-corrected chi connectivity index (χ1v) is 8.57. The Morgan fingerprint density at radius 2 is 2.17 bits per heavy atom. The summed E-state index contributed by atoms with van der Waals surface area (Å²) in [5, 5.41) is 8.72. The highest BCUT2D eigenvalue weighted by Crippen LogP contribution is 2.13. The molecule has 0 saturated heterocycles. The largest absolute Gasteiger partial charge is 0.469 e. The Hall–Kier alpha value is -0.830. The number of carbonyl (C=O) groups is 1. The standard InChI is InChI=1S/C16H27N3O2S.HI/c1-13(11-14-7-6-10-22-14)12-19-16(17-2)18-9-5-4-8-15(20)21-3;/h6-7,10,13H,4-5,8-9,11-12H2,1-3H3,(H2,17,18,19);1H. The van der Waals surface area contributed by atoms with Crippen molar-refractivity contribution in [2.75, 3.05) is 27.2 Å². The number of nitrogens with one attached hydrogen (secondary N) is 2. The van der Waals surface area contributed by atoms with Crippen molar-refractivity contribution in [1.82, 2.24) is 10.6 Å². The molecule has 1 aromatic heterocycles. The SMILES string of the molecule is CN=C(NCCCCC(=O)OC)NCC(C)Cc1cccs1.I. The molecule has 0 aliphatic carbocycles. The molecule has 1 unspecified atom stereocenters. The van der Waals surface area contributed by atoms with E-state index in [2.05, 4.69) is 44.8 Å². The number of esters is 1. The number of hydrogen-bond acceptors (Lipinski definition) is 4. The summed E-state index contributed by atoms with van der Waals surface area (Å²) < 4.78 is 4.61. The van der Waals surface area contributed by atoms with Crippen LogP contribution < -0.4 is 10.6 Å². The molecular weight excluding hydrogens is 425 g/mol. The number of ether oxygens (including phenoxy) is 1. The summed E-state index contributed by atoms with van der Waals surface area (Å²) in [6, 6.07) is 4.27. The van der Waals surface area contributed by atoms with Gasteiger partial charge in [0.05, 0.1) is 7.11 Å². The lowest BCUT2D eigenvalue weighted by molar-refractivity contribution is -0.140. The summed E-state index contributed by atoms with van der Waals surface area (Å²) in [5.41, 5.74) is 0. The van der Waals surface area contributed by atoms with Gasteiger partial charge in [0, 0.05) is 31.4 Å². The number of aliphatic imine (C=N–C) groups is 1. The number of hydrogen-bond donors (Lipinski definition) is 2. The predicted octanol–water partition coefficient (Wildman–Crippen LogP) is 3.05. The van der Waals surface area contributed by atoms with Gasteiger partial charge in [-0.05, 0) is 36.6 Å². The molecule has 5 nitrogen and oxygen atoms in total. The van der Waals surface area contributed by atoms with Gasteiger partial charge in [-0.3, -0.25) is 9.79 Å². The zero-order valence-electron chi connectivity index (χ0n) is 14.1. The van der Waals surface area contributed by atoms with E-state index in [1.165, 1.54) is 12.0 Å². The molecule has 1 rings (SSSR count). The molecule has 0 fully saturated rings. The average Bonchev–Trinajstić information content (AvgIpc) is 3.02. The van der Waals surface area contributed by atoms with Crippen LogP contribution >= 0.6 is 35.3 Å². The fraction of sp³-hybridized carbons (Fsp3) is 0.625. The van der Waals surface area contributed by atoms with E-state index in [1.54, 1.807) is 18.4 Å². The molecule has 0 amide bonds. The minimum Gasteiger partial charge on any atom is -0.469 e. The van der Waals surface area contributed by atoms with E-state index in [0.717, 1.165) is 38.3 Å². The van der Waals surface area contributed by atoms with E-state index in [4.69, 9.17) is 0 Å². The van der Waals surface area contributed by atoms with Crippen LogP contribution in [0, 0.1) is 5.92 Å². The van der Waals surface area contributed by atoms with Crippen LogP contribution in [-0.4, -0.2) is 39.2 Å². The van der Waals surface area contributed by atoms with Crippen LogP contribution in [0.4, 0.5) is 0 Å². The Morgan fingerprint density at radius 3 is 2.78 bits per heavy atom. The lowest BCUT2D eigenvalue weighted by Crippen LogP contribution is -2.40. The number of carbonyl (C=O) groups excluding carboxylic acids is 1. The molecule has 1 atom stereocenters. The van der Waals surface area contributed by atoms with Crippen LogP contribution in [0.5, 0.6) is 0 Å². The summed E-state index contributed by atoms with van der Waals surface area (Å²) in [6.45, 7) is 3.92. The van der Waals surface area contributed by atoms with Crippen molar-refractivity contribution in [3.05, 3.63) is 22.4 Å². The van der Waals surface area contributed by atoms with E-state index < -0.39 is 0 Å². The lowest BCUT2D eigenvalue weighted by Gasteiger charge is -2.15. The Bertz CT molecular complexity index is 452. The Labute approximate surface area is 160 Å². The first-order chi connectivity index (χ1) is 10.7. The first kappa shape index (κ1) is 22.2. The maximum absolute atomic E-state index is 11.0. The van der Waals surface area contributed by atoms with E-state index in [1.807, 2.05) is 0 Å². The average molecular weight is 453 g/mol. The number of thiophene rings is 1. The molecule has 0 spiro atoms.